The summed E-state index contributed by atoms with van der Waals surface area (Å²) in [5.41, 5.74) is 1.47. The van der Waals surface area contributed by atoms with E-state index in [4.69, 9.17) is 10.00 Å². The van der Waals surface area contributed by atoms with Gasteiger partial charge in [0.2, 0.25) is 0 Å². The molecule has 0 fully saturated rings. The lowest BCUT2D eigenvalue weighted by atomic mass is 10.1. The average Bonchev–Trinajstić information content (AvgIpc) is 2.28. The highest BCUT2D eigenvalue weighted by Crippen LogP contribution is 2.20. The maximum Gasteiger partial charge on any atom is 0.258 e. The fourth-order valence-corrected chi connectivity index (χ4v) is 1.37. The standard InChI is InChI=1S/C12H14N2O2/c1-9-4-5-11(16-3)10(8-9)12(15)14(2)7-6-13/h4-5,8H,7H2,1-3H3. The summed E-state index contributed by atoms with van der Waals surface area (Å²) in [5, 5.41) is 8.54. The van der Waals surface area contributed by atoms with Crippen LogP contribution < -0.4 is 4.74 Å². The number of nitriles is 1. The van der Waals surface area contributed by atoms with Crippen LogP contribution in [0.3, 0.4) is 0 Å². The zero-order valence-corrected chi connectivity index (χ0v) is 9.65. The Morgan fingerprint density at radius 3 is 2.81 bits per heavy atom. The maximum absolute atomic E-state index is 12.0. The van der Waals surface area contributed by atoms with Crippen LogP contribution in [0, 0.1) is 18.3 Å². The van der Waals surface area contributed by atoms with Gasteiger partial charge in [-0.25, -0.2) is 0 Å². The number of rotatable bonds is 3. The molecule has 0 N–H and O–H groups in total. The third-order valence-corrected chi connectivity index (χ3v) is 2.24. The van der Waals surface area contributed by atoms with Crippen molar-refractivity contribution in [3.63, 3.8) is 0 Å². The largest absolute Gasteiger partial charge is 0.496 e. The number of amides is 1. The zero-order valence-electron chi connectivity index (χ0n) is 9.65. The van der Waals surface area contributed by atoms with Gasteiger partial charge in [0.1, 0.15) is 12.3 Å². The topological polar surface area (TPSA) is 53.3 Å². The highest BCUT2D eigenvalue weighted by Gasteiger charge is 2.16. The molecule has 0 bridgehead atoms. The Balaban J connectivity index is 3.07. The summed E-state index contributed by atoms with van der Waals surface area (Å²) in [5.74, 6) is 0.322. The molecule has 16 heavy (non-hydrogen) atoms. The smallest absolute Gasteiger partial charge is 0.258 e. The molecule has 0 aliphatic heterocycles. The van der Waals surface area contributed by atoms with E-state index in [-0.39, 0.29) is 12.5 Å². The quantitative estimate of drug-likeness (QED) is 0.724. The van der Waals surface area contributed by atoms with Crippen LogP contribution in [-0.2, 0) is 0 Å². The first-order chi connectivity index (χ1) is 7.60. The number of carbonyl (C=O) groups is 1. The zero-order chi connectivity index (χ0) is 12.1. The lowest BCUT2D eigenvalue weighted by Crippen LogP contribution is -2.27. The van der Waals surface area contributed by atoms with Crippen LogP contribution in [0.4, 0.5) is 0 Å². The fourth-order valence-electron chi connectivity index (χ4n) is 1.37. The van der Waals surface area contributed by atoms with Crippen LogP contribution in [0.1, 0.15) is 15.9 Å². The number of hydrogen-bond donors (Lipinski definition) is 0. The van der Waals surface area contributed by atoms with Crippen molar-refractivity contribution in [3.8, 4) is 11.8 Å². The monoisotopic (exact) mass is 218 g/mol. The van der Waals surface area contributed by atoms with Gasteiger partial charge in [0.25, 0.3) is 5.91 Å². The van der Waals surface area contributed by atoms with Gasteiger partial charge in [0.15, 0.2) is 0 Å². The number of benzene rings is 1. The molecule has 1 rings (SSSR count). The second kappa shape index (κ2) is 5.17. The van der Waals surface area contributed by atoms with Gasteiger partial charge in [-0.1, -0.05) is 11.6 Å². The number of hydrogen-bond acceptors (Lipinski definition) is 3. The van der Waals surface area contributed by atoms with Gasteiger partial charge in [0, 0.05) is 7.05 Å². The van der Waals surface area contributed by atoms with Crippen molar-refractivity contribution in [2.24, 2.45) is 0 Å². The molecule has 0 saturated carbocycles. The van der Waals surface area contributed by atoms with Crippen molar-refractivity contribution in [3.05, 3.63) is 29.3 Å². The molecule has 0 spiro atoms. The van der Waals surface area contributed by atoms with Crippen molar-refractivity contribution in [1.82, 2.24) is 4.90 Å². The van der Waals surface area contributed by atoms with Crippen molar-refractivity contribution >= 4 is 5.91 Å². The molecule has 0 aliphatic rings. The van der Waals surface area contributed by atoms with E-state index in [1.165, 1.54) is 12.0 Å². The summed E-state index contributed by atoms with van der Waals surface area (Å²) in [6, 6.07) is 7.32. The minimum Gasteiger partial charge on any atom is -0.496 e. The Labute approximate surface area is 95.0 Å². The molecular weight excluding hydrogens is 204 g/mol. The van der Waals surface area contributed by atoms with E-state index in [0.29, 0.717) is 11.3 Å². The summed E-state index contributed by atoms with van der Waals surface area (Å²) in [7, 11) is 3.11. The molecule has 0 aromatic heterocycles. The highest BCUT2D eigenvalue weighted by molar-refractivity contribution is 5.97. The van der Waals surface area contributed by atoms with Crippen LogP contribution in [0.15, 0.2) is 18.2 Å². The molecule has 1 aromatic rings. The summed E-state index contributed by atoms with van der Waals surface area (Å²) in [6.45, 7) is 1.97. The average molecular weight is 218 g/mol. The summed E-state index contributed by atoms with van der Waals surface area (Å²) in [4.78, 5) is 13.3. The van der Waals surface area contributed by atoms with Gasteiger partial charge in [-0.3, -0.25) is 4.79 Å². The van der Waals surface area contributed by atoms with Crippen molar-refractivity contribution in [2.75, 3.05) is 20.7 Å². The van der Waals surface area contributed by atoms with Crippen LogP contribution >= 0.6 is 0 Å². The van der Waals surface area contributed by atoms with E-state index in [9.17, 15) is 4.79 Å². The van der Waals surface area contributed by atoms with E-state index < -0.39 is 0 Å². The molecule has 84 valence electrons. The van der Waals surface area contributed by atoms with Crippen LogP contribution in [-0.4, -0.2) is 31.5 Å². The van der Waals surface area contributed by atoms with Gasteiger partial charge in [0.05, 0.1) is 18.7 Å². The third-order valence-electron chi connectivity index (χ3n) is 2.24. The van der Waals surface area contributed by atoms with E-state index in [2.05, 4.69) is 0 Å². The Morgan fingerprint density at radius 2 is 2.25 bits per heavy atom. The van der Waals surface area contributed by atoms with Crippen LogP contribution in [0.5, 0.6) is 5.75 Å². The molecule has 4 nitrogen and oxygen atoms in total. The van der Waals surface area contributed by atoms with E-state index in [1.807, 2.05) is 19.1 Å². The van der Waals surface area contributed by atoms with Crippen molar-refractivity contribution in [2.45, 2.75) is 6.92 Å². The fraction of sp³-hybridized carbons (Fsp3) is 0.333. The normalized spacial score (nSPS) is 9.38. The first-order valence-electron chi connectivity index (χ1n) is 4.87. The predicted molar refractivity (Wildman–Crippen MR) is 60.3 cm³/mol. The Hall–Kier alpha value is -2.02. The van der Waals surface area contributed by atoms with Crippen LogP contribution in [0.25, 0.3) is 0 Å². The van der Waals surface area contributed by atoms with Gasteiger partial charge in [-0.2, -0.15) is 5.26 Å². The Kier molecular flexibility index (Phi) is 3.90. The molecule has 1 amide bonds. The SMILES string of the molecule is COc1ccc(C)cc1C(=O)N(C)CC#N. The molecule has 0 atom stereocenters. The molecule has 0 saturated heterocycles. The molecule has 0 radical (unpaired) electrons. The van der Waals surface area contributed by atoms with E-state index in [1.54, 1.807) is 19.2 Å². The van der Waals surface area contributed by atoms with Gasteiger partial charge >= 0.3 is 0 Å². The van der Waals surface area contributed by atoms with Gasteiger partial charge in [-0.15, -0.1) is 0 Å². The van der Waals surface area contributed by atoms with Crippen molar-refractivity contribution in [1.29, 1.82) is 5.26 Å². The minimum atomic E-state index is -0.206. The van der Waals surface area contributed by atoms with Gasteiger partial charge in [-0.05, 0) is 19.1 Å². The van der Waals surface area contributed by atoms with E-state index >= 15 is 0 Å². The Bertz CT molecular complexity index is 435. The third kappa shape index (κ3) is 2.51. The summed E-state index contributed by atoms with van der Waals surface area (Å²) in [6.07, 6.45) is 0. The number of nitrogens with zero attached hydrogens (tertiary/aromatic N) is 2. The second-order valence-corrected chi connectivity index (χ2v) is 3.52. The number of aryl methyl sites for hydroxylation is 1. The second-order valence-electron chi connectivity index (χ2n) is 3.52. The van der Waals surface area contributed by atoms with Gasteiger partial charge < -0.3 is 9.64 Å². The molecule has 0 unspecified atom stereocenters. The van der Waals surface area contributed by atoms with E-state index in [0.717, 1.165) is 5.56 Å². The Morgan fingerprint density at radius 1 is 1.56 bits per heavy atom. The van der Waals surface area contributed by atoms with Crippen LogP contribution in [0.2, 0.25) is 0 Å². The van der Waals surface area contributed by atoms with Crippen molar-refractivity contribution < 1.29 is 9.53 Å². The molecule has 4 heteroatoms. The lowest BCUT2D eigenvalue weighted by molar-refractivity contribution is 0.0808. The molecule has 0 heterocycles. The predicted octanol–water partition coefficient (Wildman–Crippen LogP) is 1.60. The molecule has 0 aliphatic carbocycles. The number of methoxy groups -OCH3 is 1. The molecule has 1 aromatic carbocycles. The minimum absolute atomic E-state index is 0.0654. The first kappa shape index (κ1) is 12.1. The lowest BCUT2D eigenvalue weighted by Gasteiger charge is -2.15. The first-order valence-corrected chi connectivity index (χ1v) is 4.87. The maximum atomic E-state index is 12.0. The number of ether oxygens (including phenoxy) is 1. The summed E-state index contributed by atoms with van der Waals surface area (Å²) >= 11 is 0. The summed E-state index contributed by atoms with van der Waals surface area (Å²) < 4.78 is 5.12. The molecular formula is C12H14N2O2. The number of carbonyl (C=O) groups excluding carboxylic acids is 1. The highest BCUT2D eigenvalue weighted by atomic mass is 16.5.